The molecule has 0 N–H and O–H groups in total. The van der Waals surface area contributed by atoms with Crippen LogP contribution < -0.4 is 0 Å². The number of piperidine rings is 1. The molecule has 1 amide bonds. The molecule has 2 saturated heterocycles. The van der Waals surface area contributed by atoms with Gasteiger partial charge < -0.3 is 14.4 Å². The highest BCUT2D eigenvalue weighted by atomic mass is 32.2. The number of carbonyl (C=O) groups excluding carboxylic acids is 1. The number of thioether (sulfide) groups is 1. The second kappa shape index (κ2) is 6.81. The molecular weight excluding hydrogens is 286 g/mol. The molecule has 21 heavy (non-hydrogen) atoms. The van der Waals surface area contributed by atoms with Gasteiger partial charge in [0.2, 0.25) is 5.91 Å². The molecule has 0 aromatic heterocycles. The zero-order chi connectivity index (χ0) is 14.5. The smallest absolute Gasteiger partial charge is 0.223 e. The van der Waals surface area contributed by atoms with Crippen molar-refractivity contribution in [2.75, 3.05) is 32.1 Å². The molecule has 0 aliphatic carbocycles. The summed E-state index contributed by atoms with van der Waals surface area (Å²) in [6.45, 7) is 2.85. The van der Waals surface area contributed by atoms with Gasteiger partial charge >= 0.3 is 0 Å². The average Bonchev–Trinajstić information content (AvgIpc) is 2.97. The Balaban J connectivity index is 1.40. The molecule has 114 valence electrons. The fraction of sp³-hybridized carbons (Fsp3) is 0.562. The lowest BCUT2D eigenvalue weighted by Gasteiger charge is -2.37. The van der Waals surface area contributed by atoms with Crippen molar-refractivity contribution in [3.8, 4) is 0 Å². The lowest BCUT2D eigenvalue weighted by molar-refractivity contribution is -0.187. The van der Waals surface area contributed by atoms with E-state index < -0.39 is 5.79 Å². The van der Waals surface area contributed by atoms with Crippen LogP contribution in [0.2, 0.25) is 0 Å². The number of hydrogen-bond donors (Lipinski definition) is 0. The summed E-state index contributed by atoms with van der Waals surface area (Å²) >= 11 is 1.73. The third kappa shape index (κ3) is 3.78. The number of hydrogen-bond acceptors (Lipinski definition) is 4. The molecule has 1 aromatic carbocycles. The maximum absolute atomic E-state index is 12.2. The maximum Gasteiger partial charge on any atom is 0.223 e. The molecule has 2 aliphatic rings. The first-order valence-electron chi connectivity index (χ1n) is 7.51. The molecule has 5 heteroatoms. The van der Waals surface area contributed by atoms with Gasteiger partial charge in [-0.05, 0) is 12.1 Å². The van der Waals surface area contributed by atoms with E-state index in [-0.39, 0.29) is 5.91 Å². The minimum absolute atomic E-state index is 0.242. The van der Waals surface area contributed by atoms with Crippen LogP contribution in [0.25, 0.3) is 0 Å². The van der Waals surface area contributed by atoms with E-state index in [0.717, 1.165) is 31.7 Å². The minimum atomic E-state index is -0.393. The zero-order valence-corrected chi connectivity index (χ0v) is 12.9. The lowest BCUT2D eigenvalue weighted by atomic mass is 10.0. The predicted octanol–water partition coefficient (Wildman–Crippen LogP) is 2.53. The van der Waals surface area contributed by atoms with Gasteiger partial charge in [-0.2, -0.15) is 0 Å². The van der Waals surface area contributed by atoms with Gasteiger partial charge in [-0.3, -0.25) is 4.79 Å². The van der Waals surface area contributed by atoms with Crippen molar-refractivity contribution in [1.82, 2.24) is 4.90 Å². The molecular formula is C16H21NO3S. The van der Waals surface area contributed by atoms with Crippen molar-refractivity contribution in [2.24, 2.45) is 0 Å². The van der Waals surface area contributed by atoms with Crippen LogP contribution in [0.1, 0.15) is 19.3 Å². The molecule has 1 spiro atoms. The Kier molecular flexibility index (Phi) is 4.83. The first kappa shape index (κ1) is 14.9. The Labute approximate surface area is 129 Å². The number of benzene rings is 1. The molecule has 0 saturated carbocycles. The van der Waals surface area contributed by atoms with Crippen molar-refractivity contribution in [1.29, 1.82) is 0 Å². The van der Waals surface area contributed by atoms with E-state index in [9.17, 15) is 4.79 Å². The van der Waals surface area contributed by atoms with E-state index in [4.69, 9.17) is 9.47 Å². The number of rotatable bonds is 4. The number of amides is 1. The van der Waals surface area contributed by atoms with Crippen LogP contribution in [0.15, 0.2) is 35.2 Å². The van der Waals surface area contributed by atoms with Crippen LogP contribution in [0.5, 0.6) is 0 Å². The lowest BCUT2D eigenvalue weighted by Crippen LogP contribution is -2.47. The van der Waals surface area contributed by atoms with E-state index in [1.807, 2.05) is 23.1 Å². The normalized spacial score (nSPS) is 20.9. The first-order valence-corrected chi connectivity index (χ1v) is 8.50. The average molecular weight is 307 g/mol. The highest BCUT2D eigenvalue weighted by molar-refractivity contribution is 7.99. The van der Waals surface area contributed by atoms with Crippen molar-refractivity contribution < 1.29 is 14.3 Å². The standard InChI is InChI=1S/C16H21NO3S/c18-15(6-13-21-14-4-2-1-3-5-14)17-9-7-16(8-10-17)19-11-12-20-16/h1-5H,6-13H2. The SMILES string of the molecule is O=C(CCSc1ccccc1)N1CCC2(CC1)OCCO2. The van der Waals surface area contributed by atoms with E-state index in [1.165, 1.54) is 4.90 Å². The minimum Gasteiger partial charge on any atom is -0.347 e. The van der Waals surface area contributed by atoms with E-state index in [1.54, 1.807) is 11.8 Å². The molecule has 0 radical (unpaired) electrons. The molecule has 0 unspecified atom stereocenters. The summed E-state index contributed by atoms with van der Waals surface area (Å²) < 4.78 is 11.4. The van der Waals surface area contributed by atoms with Crippen molar-refractivity contribution in [2.45, 2.75) is 29.9 Å². The Morgan fingerprint density at radius 2 is 1.81 bits per heavy atom. The maximum atomic E-state index is 12.2. The largest absolute Gasteiger partial charge is 0.347 e. The Bertz CT molecular complexity index is 464. The summed E-state index contributed by atoms with van der Waals surface area (Å²) in [5.74, 6) is 0.679. The van der Waals surface area contributed by atoms with Crippen molar-refractivity contribution >= 4 is 17.7 Å². The molecule has 3 rings (SSSR count). The summed E-state index contributed by atoms with van der Waals surface area (Å²) in [5, 5.41) is 0. The van der Waals surface area contributed by atoms with Gasteiger partial charge in [0.25, 0.3) is 0 Å². The van der Waals surface area contributed by atoms with Crippen molar-refractivity contribution in [3.05, 3.63) is 30.3 Å². The van der Waals surface area contributed by atoms with Gasteiger partial charge in [-0.15, -0.1) is 11.8 Å². The number of likely N-dealkylation sites (tertiary alicyclic amines) is 1. The summed E-state index contributed by atoms with van der Waals surface area (Å²) in [4.78, 5) is 15.4. The van der Waals surface area contributed by atoms with E-state index in [2.05, 4.69) is 12.1 Å². The number of ether oxygens (including phenoxy) is 2. The Hall–Kier alpha value is -1.04. The Morgan fingerprint density at radius 1 is 1.14 bits per heavy atom. The summed E-state index contributed by atoms with van der Waals surface area (Å²) in [6, 6.07) is 10.2. The molecule has 2 heterocycles. The van der Waals surface area contributed by atoms with Crippen LogP contribution >= 0.6 is 11.8 Å². The quantitative estimate of drug-likeness (QED) is 0.801. The van der Waals surface area contributed by atoms with Crippen molar-refractivity contribution in [3.63, 3.8) is 0 Å². The van der Waals surface area contributed by atoms with Gasteiger partial charge in [-0.1, -0.05) is 18.2 Å². The monoisotopic (exact) mass is 307 g/mol. The van der Waals surface area contributed by atoms with Gasteiger partial charge in [-0.25, -0.2) is 0 Å². The van der Waals surface area contributed by atoms with Gasteiger partial charge in [0.15, 0.2) is 5.79 Å². The van der Waals surface area contributed by atoms with Crippen LogP contribution in [0.4, 0.5) is 0 Å². The van der Waals surface area contributed by atoms with Gasteiger partial charge in [0, 0.05) is 43.0 Å². The van der Waals surface area contributed by atoms with E-state index >= 15 is 0 Å². The zero-order valence-electron chi connectivity index (χ0n) is 12.1. The topological polar surface area (TPSA) is 38.8 Å². The van der Waals surface area contributed by atoms with Crippen LogP contribution in [0, 0.1) is 0 Å². The molecule has 4 nitrogen and oxygen atoms in total. The van der Waals surface area contributed by atoms with Crippen LogP contribution in [-0.2, 0) is 14.3 Å². The predicted molar refractivity (Wildman–Crippen MR) is 82.2 cm³/mol. The molecule has 2 fully saturated rings. The second-order valence-electron chi connectivity index (χ2n) is 5.40. The summed E-state index contributed by atoms with van der Waals surface area (Å²) in [7, 11) is 0. The molecule has 1 aromatic rings. The fourth-order valence-corrected chi connectivity index (χ4v) is 3.68. The van der Waals surface area contributed by atoms with Gasteiger partial charge in [0.05, 0.1) is 13.2 Å². The molecule has 0 atom stereocenters. The van der Waals surface area contributed by atoms with Crippen LogP contribution in [-0.4, -0.2) is 48.7 Å². The van der Waals surface area contributed by atoms with Gasteiger partial charge in [0.1, 0.15) is 0 Å². The number of nitrogens with zero attached hydrogens (tertiary/aromatic N) is 1. The summed E-state index contributed by atoms with van der Waals surface area (Å²) in [5.41, 5.74) is 0. The molecule has 0 bridgehead atoms. The first-order chi connectivity index (χ1) is 10.3. The third-order valence-corrected chi connectivity index (χ3v) is 5.03. The number of carbonyl (C=O) groups is 1. The third-order valence-electron chi connectivity index (χ3n) is 4.02. The second-order valence-corrected chi connectivity index (χ2v) is 6.57. The Morgan fingerprint density at radius 3 is 2.48 bits per heavy atom. The highest BCUT2D eigenvalue weighted by Crippen LogP contribution is 2.31. The highest BCUT2D eigenvalue weighted by Gasteiger charge is 2.40. The van der Waals surface area contributed by atoms with Crippen LogP contribution in [0.3, 0.4) is 0 Å². The summed E-state index contributed by atoms with van der Waals surface area (Å²) in [6.07, 6.45) is 2.18. The molecule has 2 aliphatic heterocycles. The fourth-order valence-electron chi connectivity index (χ4n) is 2.81. The van der Waals surface area contributed by atoms with E-state index in [0.29, 0.717) is 19.6 Å².